The van der Waals surface area contributed by atoms with Crippen molar-refractivity contribution >= 4 is 23.4 Å². The van der Waals surface area contributed by atoms with Gasteiger partial charge in [-0.25, -0.2) is 15.0 Å². The summed E-state index contributed by atoms with van der Waals surface area (Å²) in [4.78, 5) is 24.7. The van der Waals surface area contributed by atoms with E-state index in [0.717, 1.165) is 30.8 Å². The maximum absolute atomic E-state index is 11.9. The summed E-state index contributed by atoms with van der Waals surface area (Å²) in [6.45, 7) is 0. The highest BCUT2D eigenvalue weighted by molar-refractivity contribution is 6.30. The largest absolute Gasteiger partial charge is 0.367 e. The van der Waals surface area contributed by atoms with Gasteiger partial charge in [0, 0.05) is 24.3 Å². The van der Waals surface area contributed by atoms with Crippen molar-refractivity contribution in [1.29, 1.82) is 0 Å². The Morgan fingerprint density at radius 2 is 1.74 bits per heavy atom. The van der Waals surface area contributed by atoms with E-state index in [0.29, 0.717) is 23.1 Å². The van der Waals surface area contributed by atoms with Crippen molar-refractivity contribution in [2.24, 2.45) is 0 Å². The lowest BCUT2D eigenvalue weighted by Gasteiger charge is -2.15. The maximum atomic E-state index is 11.9. The Bertz CT molecular complexity index is 957. The predicted molar refractivity (Wildman–Crippen MR) is 106 cm³/mol. The van der Waals surface area contributed by atoms with Crippen molar-refractivity contribution < 1.29 is 0 Å². The number of hydrogen-bond acceptors (Lipinski definition) is 6. The van der Waals surface area contributed by atoms with Crippen LogP contribution in [0.3, 0.4) is 0 Å². The topological polar surface area (TPSA) is 84.7 Å². The molecule has 4 rings (SSSR count). The summed E-state index contributed by atoms with van der Waals surface area (Å²) in [5, 5.41) is 7.33. The molecule has 3 heterocycles. The van der Waals surface area contributed by atoms with Gasteiger partial charge in [0.25, 0.3) is 5.56 Å². The van der Waals surface area contributed by atoms with Crippen molar-refractivity contribution in [3.63, 3.8) is 0 Å². The quantitative estimate of drug-likeness (QED) is 0.705. The first-order valence-corrected chi connectivity index (χ1v) is 9.20. The van der Waals surface area contributed by atoms with Gasteiger partial charge in [-0.15, -0.1) is 0 Å². The molecule has 0 aromatic carbocycles. The third-order valence-corrected chi connectivity index (χ3v) is 4.78. The molecule has 1 saturated carbocycles. The highest BCUT2D eigenvalue weighted by atomic mass is 35.5. The number of pyridine rings is 2. The molecule has 0 aliphatic heterocycles. The Balaban J connectivity index is 1.35. The lowest BCUT2D eigenvalue weighted by molar-refractivity contribution is 0.716. The molecule has 3 aromatic rings. The summed E-state index contributed by atoms with van der Waals surface area (Å²) in [6.07, 6.45) is 9.63. The fourth-order valence-corrected chi connectivity index (χ4v) is 3.37. The highest BCUT2D eigenvalue weighted by Gasteiger charge is 2.25. The van der Waals surface area contributed by atoms with Gasteiger partial charge in [0.2, 0.25) is 5.95 Å². The number of rotatable bonds is 5. The Labute approximate surface area is 161 Å². The smallest absolute Gasteiger partial charge is 0.255 e. The van der Waals surface area contributed by atoms with Gasteiger partial charge < -0.3 is 10.6 Å². The number of aromatic nitrogens is 4. The number of hydrogen-bond donors (Lipinski definition) is 2. The zero-order valence-corrected chi connectivity index (χ0v) is 15.3. The van der Waals surface area contributed by atoms with Gasteiger partial charge in [-0.1, -0.05) is 17.7 Å². The summed E-state index contributed by atoms with van der Waals surface area (Å²) in [5.74, 6) is 1.40. The molecule has 0 spiro atoms. The molecule has 0 saturated heterocycles. The zero-order chi connectivity index (χ0) is 18.6. The van der Waals surface area contributed by atoms with Crippen LogP contribution in [0, 0.1) is 0 Å². The monoisotopic (exact) mass is 382 g/mol. The number of nitrogens with one attached hydrogen (secondary N) is 2. The van der Waals surface area contributed by atoms with Crippen LogP contribution in [0.2, 0.25) is 5.02 Å². The van der Waals surface area contributed by atoms with Crippen LogP contribution in [-0.4, -0.2) is 31.6 Å². The van der Waals surface area contributed by atoms with E-state index in [1.807, 2.05) is 18.2 Å². The summed E-state index contributed by atoms with van der Waals surface area (Å²) in [6, 6.07) is 9.51. The van der Waals surface area contributed by atoms with Crippen molar-refractivity contribution in [2.45, 2.75) is 31.3 Å². The molecule has 0 radical (unpaired) electrons. The number of halogens is 1. The second-order valence-corrected chi connectivity index (χ2v) is 6.97. The number of nitrogens with zero attached hydrogens (tertiary/aromatic N) is 4. The molecule has 7 nitrogen and oxygen atoms in total. The number of anilines is 2. The lowest BCUT2D eigenvalue weighted by Crippen LogP contribution is -2.22. The average molecular weight is 383 g/mol. The van der Waals surface area contributed by atoms with Crippen molar-refractivity contribution in [3.05, 3.63) is 70.5 Å². The Morgan fingerprint density at radius 3 is 2.44 bits per heavy atom. The molecule has 2 atom stereocenters. The first kappa shape index (κ1) is 17.5. The molecule has 0 bridgehead atoms. The molecule has 0 amide bonds. The van der Waals surface area contributed by atoms with Crippen LogP contribution in [-0.2, 0) is 0 Å². The van der Waals surface area contributed by atoms with E-state index >= 15 is 0 Å². The second kappa shape index (κ2) is 7.75. The summed E-state index contributed by atoms with van der Waals surface area (Å²) in [7, 11) is 0. The molecule has 1 aliphatic rings. The lowest BCUT2D eigenvalue weighted by atomic mass is 10.2. The minimum atomic E-state index is -0.0749. The second-order valence-electron chi connectivity index (χ2n) is 6.53. The molecule has 0 unspecified atom stereocenters. The van der Waals surface area contributed by atoms with E-state index in [2.05, 4.69) is 25.6 Å². The van der Waals surface area contributed by atoms with Gasteiger partial charge in [0.05, 0.1) is 29.3 Å². The Hall–Kier alpha value is -2.93. The van der Waals surface area contributed by atoms with E-state index < -0.39 is 0 Å². The molecule has 3 aromatic heterocycles. The van der Waals surface area contributed by atoms with E-state index in [9.17, 15) is 4.79 Å². The fourth-order valence-electron chi connectivity index (χ4n) is 3.28. The van der Waals surface area contributed by atoms with Gasteiger partial charge in [0.1, 0.15) is 5.82 Å². The molecule has 8 heteroatoms. The summed E-state index contributed by atoms with van der Waals surface area (Å²) < 4.78 is 1.57. The van der Waals surface area contributed by atoms with Crippen molar-refractivity contribution in [2.75, 3.05) is 10.6 Å². The molecule has 1 aliphatic carbocycles. The summed E-state index contributed by atoms with van der Waals surface area (Å²) in [5.41, 5.74) is 0.672. The van der Waals surface area contributed by atoms with Crippen LogP contribution in [0.1, 0.15) is 19.3 Å². The van der Waals surface area contributed by atoms with Crippen LogP contribution in [0.5, 0.6) is 0 Å². The van der Waals surface area contributed by atoms with Gasteiger partial charge in [0.15, 0.2) is 0 Å². The van der Waals surface area contributed by atoms with Crippen LogP contribution < -0.4 is 16.2 Å². The molecule has 2 N–H and O–H groups in total. The van der Waals surface area contributed by atoms with Crippen LogP contribution >= 0.6 is 11.6 Å². The van der Waals surface area contributed by atoms with Crippen LogP contribution in [0.15, 0.2) is 59.9 Å². The van der Waals surface area contributed by atoms with E-state index in [4.69, 9.17) is 11.6 Å². The maximum Gasteiger partial charge on any atom is 0.255 e. The third-order valence-electron chi connectivity index (χ3n) is 4.59. The SMILES string of the molecule is O=c1ccccn1-c1ccc(N[C@H]2CC[C@H](Nc3ncc(Cl)cn3)C2)nc1. The van der Waals surface area contributed by atoms with Gasteiger partial charge in [-0.3, -0.25) is 9.36 Å². The molecule has 27 heavy (non-hydrogen) atoms. The zero-order valence-electron chi connectivity index (χ0n) is 14.5. The minimum absolute atomic E-state index is 0.0749. The predicted octanol–water partition coefficient (Wildman–Crippen LogP) is 3.12. The third kappa shape index (κ3) is 4.25. The minimum Gasteiger partial charge on any atom is -0.367 e. The van der Waals surface area contributed by atoms with Crippen LogP contribution in [0.4, 0.5) is 11.8 Å². The van der Waals surface area contributed by atoms with E-state index in [1.165, 1.54) is 6.07 Å². The van der Waals surface area contributed by atoms with Crippen molar-refractivity contribution in [1.82, 2.24) is 19.5 Å². The van der Waals surface area contributed by atoms with Crippen molar-refractivity contribution in [3.8, 4) is 5.69 Å². The Kier molecular flexibility index (Phi) is 5.02. The molecular weight excluding hydrogens is 364 g/mol. The van der Waals surface area contributed by atoms with E-state index in [-0.39, 0.29) is 5.56 Å². The average Bonchev–Trinajstić information content (AvgIpc) is 3.12. The first-order valence-electron chi connectivity index (χ1n) is 8.82. The van der Waals surface area contributed by atoms with Gasteiger partial charge in [-0.2, -0.15) is 0 Å². The highest BCUT2D eigenvalue weighted by Crippen LogP contribution is 2.24. The van der Waals surface area contributed by atoms with Crippen LogP contribution in [0.25, 0.3) is 5.69 Å². The molecule has 138 valence electrons. The first-order chi connectivity index (χ1) is 13.2. The molecule has 1 fully saturated rings. The van der Waals surface area contributed by atoms with E-state index in [1.54, 1.807) is 35.4 Å². The molecular formula is C19H19ClN6O. The normalized spacial score (nSPS) is 19.0. The van der Waals surface area contributed by atoms with Gasteiger partial charge >= 0.3 is 0 Å². The van der Waals surface area contributed by atoms with Gasteiger partial charge in [-0.05, 0) is 37.5 Å². The fraction of sp³-hybridized carbons (Fsp3) is 0.263. The standard InChI is InChI=1S/C19H19ClN6O/c20-13-10-22-19(23-11-13)25-15-5-4-14(9-15)24-17-7-6-16(12-21-17)26-8-2-1-3-18(26)27/h1-3,6-8,10-12,14-15H,4-5,9H2,(H,21,24)(H,22,23,25)/t14-,15-/m0/s1. The Morgan fingerprint density at radius 1 is 0.963 bits per heavy atom. The summed E-state index contributed by atoms with van der Waals surface area (Å²) >= 11 is 5.81.